The van der Waals surface area contributed by atoms with Crippen LogP contribution in [0.3, 0.4) is 0 Å². The van der Waals surface area contributed by atoms with Crippen LogP contribution in [0.25, 0.3) is 0 Å². The number of likely N-dealkylation sites (tertiary alicyclic amines) is 1. The number of carboxylic acids is 1. The number of carboxylic acid groups (broad SMARTS) is 1. The van der Waals surface area contributed by atoms with Crippen LogP contribution in [-0.2, 0) is 17.5 Å². The Morgan fingerprint density at radius 1 is 1.38 bits per heavy atom. The minimum atomic E-state index is -4.60. The minimum Gasteiger partial charge on any atom is -0.481 e. The molecule has 3 nitrogen and oxygen atoms in total. The Morgan fingerprint density at radius 2 is 2.05 bits per heavy atom. The highest BCUT2D eigenvalue weighted by Crippen LogP contribution is 2.32. The van der Waals surface area contributed by atoms with E-state index in [1.54, 1.807) is 11.8 Å². The predicted octanol–water partition coefficient (Wildman–Crippen LogP) is 3.14. The summed E-state index contributed by atoms with van der Waals surface area (Å²) in [5.74, 6) is -2.40. The van der Waals surface area contributed by atoms with Crippen molar-refractivity contribution < 1.29 is 27.5 Å². The first kappa shape index (κ1) is 15.8. The third-order valence-corrected chi connectivity index (χ3v) is 3.87. The molecule has 0 spiro atoms. The maximum Gasteiger partial charge on any atom is 0.416 e. The molecule has 2 atom stereocenters. The van der Waals surface area contributed by atoms with Gasteiger partial charge < -0.3 is 5.11 Å². The minimum absolute atomic E-state index is 0.103. The largest absolute Gasteiger partial charge is 0.481 e. The number of alkyl halides is 3. The summed E-state index contributed by atoms with van der Waals surface area (Å²) in [6.45, 7) is 2.29. The second-order valence-corrected chi connectivity index (χ2v) is 5.29. The highest BCUT2D eigenvalue weighted by molar-refractivity contribution is 5.71. The molecular weight excluding hydrogens is 290 g/mol. The van der Waals surface area contributed by atoms with E-state index in [4.69, 9.17) is 5.11 Å². The first-order valence-electron chi connectivity index (χ1n) is 6.52. The molecule has 1 aromatic rings. The Kier molecular flexibility index (Phi) is 4.22. The highest BCUT2D eigenvalue weighted by atomic mass is 19.4. The molecule has 1 saturated heterocycles. The molecule has 2 unspecified atom stereocenters. The van der Waals surface area contributed by atoms with E-state index in [0.29, 0.717) is 19.0 Å². The molecule has 1 aromatic carbocycles. The molecule has 0 aromatic heterocycles. The number of hydrogen-bond acceptors (Lipinski definition) is 2. The van der Waals surface area contributed by atoms with Gasteiger partial charge in [-0.05, 0) is 43.7 Å². The van der Waals surface area contributed by atoms with Gasteiger partial charge in [-0.15, -0.1) is 0 Å². The Hall–Kier alpha value is -1.63. The van der Waals surface area contributed by atoms with Crippen LogP contribution in [0.5, 0.6) is 0 Å². The van der Waals surface area contributed by atoms with Crippen LogP contribution in [-0.4, -0.2) is 28.6 Å². The fourth-order valence-corrected chi connectivity index (χ4v) is 2.70. The quantitative estimate of drug-likeness (QED) is 0.872. The Bertz CT molecular complexity index is 544. The average molecular weight is 305 g/mol. The zero-order valence-electron chi connectivity index (χ0n) is 11.3. The first-order chi connectivity index (χ1) is 9.68. The molecule has 7 heteroatoms. The molecule has 0 saturated carbocycles. The molecular formula is C14H15F4NO2. The van der Waals surface area contributed by atoms with Gasteiger partial charge >= 0.3 is 12.1 Å². The van der Waals surface area contributed by atoms with E-state index in [1.165, 1.54) is 0 Å². The van der Waals surface area contributed by atoms with Crippen molar-refractivity contribution in [1.82, 2.24) is 4.90 Å². The maximum atomic E-state index is 13.3. The summed E-state index contributed by atoms with van der Waals surface area (Å²) in [6, 6.07) is 2.12. The van der Waals surface area contributed by atoms with Crippen molar-refractivity contribution in [2.75, 3.05) is 6.54 Å². The number of halogens is 4. The van der Waals surface area contributed by atoms with Crippen molar-refractivity contribution in [2.24, 2.45) is 5.92 Å². The van der Waals surface area contributed by atoms with Crippen molar-refractivity contribution in [2.45, 2.75) is 32.1 Å². The van der Waals surface area contributed by atoms with Gasteiger partial charge in [0.1, 0.15) is 5.82 Å². The summed E-state index contributed by atoms with van der Waals surface area (Å²) in [6.07, 6.45) is -4.16. The fourth-order valence-electron chi connectivity index (χ4n) is 2.70. The number of rotatable bonds is 3. The summed E-state index contributed by atoms with van der Waals surface area (Å²) in [7, 11) is 0. The van der Waals surface area contributed by atoms with Gasteiger partial charge in [-0.25, -0.2) is 4.39 Å². The average Bonchev–Trinajstić information content (AvgIpc) is 2.69. The molecule has 0 bridgehead atoms. The normalized spacial score (nSPS) is 23.5. The van der Waals surface area contributed by atoms with Gasteiger partial charge in [0, 0.05) is 12.6 Å². The fraction of sp³-hybridized carbons (Fsp3) is 0.500. The lowest BCUT2D eigenvalue weighted by atomic mass is 10.0. The van der Waals surface area contributed by atoms with Gasteiger partial charge in [0.2, 0.25) is 0 Å². The molecule has 0 aliphatic carbocycles. The van der Waals surface area contributed by atoms with Crippen LogP contribution < -0.4 is 0 Å². The lowest BCUT2D eigenvalue weighted by Gasteiger charge is -2.23. The third-order valence-electron chi connectivity index (χ3n) is 3.87. The molecule has 21 heavy (non-hydrogen) atoms. The van der Waals surface area contributed by atoms with E-state index in [2.05, 4.69) is 0 Å². The van der Waals surface area contributed by atoms with Crippen molar-refractivity contribution in [1.29, 1.82) is 0 Å². The van der Waals surface area contributed by atoms with Crippen molar-refractivity contribution in [3.63, 3.8) is 0 Å². The van der Waals surface area contributed by atoms with E-state index < -0.39 is 29.4 Å². The molecule has 116 valence electrons. The predicted molar refractivity (Wildman–Crippen MR) is 67.0 cm³/mol. The lowest BCUT2D eigenvalue weighted by Crippen LogP contribution is -2.32. The number of nitrogens with zero attached hydrogens (tertiary/aromatic N) is 1. The Labute approximate surface area is 119 Å². The van der Waals surface area contributed by atoms with Crippen LogP contribution in [0, 0.1) is 11.7 Å². The van der Waals surface area contributed by atoms with Gasteiger partial charge in [0.25, 0.3) is 0 Å². The molecule has 2 rings (SSSR count). The maximum absolute atomic E-state index is 13.3. The molecule has 1 aliphatic heterocycles. The molecule has 1 aliphatic rings. The topological polar surface area (TPSA) is 40.5 Å². The number of aliphatic carboxylic acids is 1. The van der Waals surface area contributed by atoms with Crippen molar-refractivity contribution in [3.05, 3.63) is 35.1 Å². The van der Waals surface area contributed by atoms with E-state index in [9.17, 15) is 22.4 Å². The lowest BCUT2D eigenvalue weighted by molar-refractivity contribution is -0.142. The van der Waals surface area contributed by atoms with Gasteiger partial charge in [0.15, 0.2) is 0 Å². The standard InChI is InChI=1S/C14H15F4NO2/c1-8-12(13(20)21)2-3-19(8)7-9-4-10(14(16,17)18)6-11(15)5-9/h4-6,8,12H,2-3,7H2,1H3,(H,20,21). The van der Waals surface area contributed by atoms with Crippen LogP contribution in [0.15, 0.2) is 18.2 Å². The summed E-state index contributed by atoms with van der Waals surface area (Å²) >= 11 is 0. The van der Waals surface area contributed by atoms with E-state index in [-0.39, 0.29) is 18.2 Å². The van der Waals surface area contributed by atoms with E-state index in [0.717, 1.165) is 12.1 Å². The summed E-state index contributed by atoms with van der Waals surface area (Å²) < 4.78 is 51.3. The molecule has 0 amide bonds. The van der Waals surface area contributed by atoms with Crippen LogP contribution >= 0.6 is 0 Å². The summed E-state index contributed by atoms with van der Waals surface area (Å²) in [5, 5.41) is 9.03. The Balaban J connectivity index is 2.17. The molecule has 1 N–H and O–H groups in total. The SMILES string of the molecule is CC1C(C(=O)O)CCN1Cc1cc(F)cc(C(F)(F)F)c1. The van der Waals surface area contributed by atoms with Crippen LogP contribution in [0.1, 0.15) is 24.5 Å². The molecule has 1 fully saturated rings. The van der Waals surface area contributed by atoms with Crippen molar-refractivity contribution in [3.8, 4) is 0 Å². The smallest absolute Gasteiger partial charge is 0.416 e. The molecule has 1 heterocycles. The van der Waals surface area contributed by atoms with Gasteiger partial charge in [0.05, 0.1) is 11.5 Å². The summed E-state index contributed by atoms with van der Waals surface area (Å²) in [5.41, 5.74) is -0.834. The molecule has 0 radical (unpaired) electrons. The number of carbonyl (C=O) groups is 1. The second-order valence-electron chi connectivity index (χ2n) is 5.29. The van der Waals surface area contributed by atoms with Crippen LogP contribution in [0.4, 0.5) is 17.6 Å². The third kappa shape index (κ3) is 3.53. The van der Waals surface area contributed by atoms with Gasteiger partial charge in [-0.2, -0.15) is 13.2 Å². The van der Waals surface area contributed by atoms with Gasteiger partial charge in [-0.1, -0.05) is 0 Å². The monoisotopic (exact) mass is 305 g/mol. The zero-order chi connectivity index (χ0) is 15.8. The second kappa shape index (κ2) is 5.63. The van der Waals surface area contributed by atoms with Crippen LogP contribution in [0.2, 0.25) is 0 Å². The van der Waals surface area contributed by atoms with Gasteiger partial charge in [-0.3, -0.25) is 9.69 Å². The Morgan fingerprint density at radius 3 is 2.57 bits per heavy atom. The first-order valence-corrected chi connectivity index (χ1v) is 6.52. The number of hydrogen-bond donors (Lipinski definition) is 1. The zero-order valence-corrected chi connectivity index (χ0v) is 11.3. The number of benzene rings is 1. The van der Waals surface area contributed by atoms with Crippen molar-refractivity contribution >= 4 is 5.97 Å². The van der Waals surface area contributed by atoms with E-state index in [1.807, 2.05) is 0 Å². The highest BCUT2D eigenvalue weighted by Gasteiger charge is 2.36. The van der Waals surface area contributed by atoms with E-state index >= 15 is 0 Å². The summed E-state index contributed by atoms with van der Waals surface area (Å²) in [4.78, 5) is 12.8.